The van der Waals surface area contributed by atoms with Crippen LogP contribution in [0.3, 0.4) is 0 Å². The quantitative estimate of drug-likeness (QED) is 0.810. The number of hydrogen-bond donors (Lipinski definition) is 2. The number of nitrogens with zero attached hydrogens (tertiary/aromatic N) is 2. The highest BCUT2D eigenvalue weighted by Crippen LogP contribution is 2.13. The van der Waals surface area contributed by atoms with Crippen LogP contribution in [0.5, 0.6) is 0 Å². The first-order chi connectivity index (χ1) is 10.0. The van der Waals surface area contributed by atoms with Gasteiger partial charge in [-0.05, 0) is 37.3 Å². The maximum absolute atomic E-state index is 12.1. The van der Waals surface area contributed by atoms with Crippen molar-refractivity contribution >= 4 is 15.7 Å². The molecule has 114 valence electrons. The average Bonchev–Trinajstić information content (AvgIpc) is 2.85. The van der Waals surface area contributed by atoms with Crippen LogP contribution < -0.4 is 10.0 Å². The lowest BCUT2D eigenvalue weighted by Gasteiger charge is -2.07. The normalized spacial score (nSPS) is 11.5. The van der Waals surface area contributed by atoms with E-state index in [0.717, 1.165) is 17.9 Å². The molecule has 0 bridgehead atoms. The van der Waals surface area contributed by atoms with Gasteiger partial charge in [-0.2, -0.15) is 5.10 Å². The lowest BCUT2D eigenvalue weighted by molar-refractivity contribution is 0.581. The van der Waals surface area contributed by atoms with Crippen LogP contribution in [0.4, 0.5) is 5.69 Å². The van der Waals surface area contributed by atoms with Crippen molar-refractivity contribution in [2.45, 2.75) is 18.2 Å². The molecule has 0 radical (unpaired) electrons. The van der Waals surface area contributed by atoms with E-state index in [1.165, 1.54) is 0 Å². The van der Waals surface area contributed by atoms with E-state index in [2.05, 4.69) is 15.1 Å². The van der Waals surface area contributed by atoms with Crippen LogP contribution in [0.15, 0.2) is 41.4 Å². The van der Waals surface area contributed by atoms with Crippen molar-refractivity contribution < 1.29 is 8.42 Å². The van der Waals surface area contributed by atoms with Crippen molar-refractivity contribution in [2.75, 3.05) is 18.4 Å². The molecule has 1 aromatic heterocycles. The predicted octanol–water partition coefficient (Wildman–Crippen LogP) is 1.37. The summed E-state index contributed by atoms with van der Waals surface area (Å²) in [4.78, 5) is 0.269. The number of anilines is 1. The van der Waals surface area contributed by atoms with E-state index in [4.69, 9.17) is 0 Å². The van der Waals surface area contributed by atoms with Gasteiger partial charge in [0.15, 0.2) is 0 Å². The van der Waals surface area contributed by atoms with E-state index in [9.17, 15) is 8.42 Å². The highest BCUT2D eigenvalue weighted by Gasteiger charge is 2.13. The van der Waals surface area contributed by atoms with Gasteiger partial charge in [0.05, 0.1) is 10.6 Å². The van der Waals surface area contributed by atoms with Gasteiger partial charge < -0.3 is 5.32 Å². The molecule has 1 heterocycles. The molecular weight excluding hydrogens is 288 g/mol. The molecule has 7 heteroatoms. The van der Waals surface area contributed by atoms with Crippen molar-refractivity contribution in [3.05, 3.63) is 42.2 Å². The predicted molar refractivity (Wildman–Crippen MR) is 82.7 cm³/mol. The van der Waals surface area contributed by atoms with Crippen molar-refractivity contribution in [1.82, 2.24) is 14.5 Å². The van der Waals surface area contributed by atoms with E-state index in [-0.39, 0.29) is 4.90 Å². The minimum atomic E-state index is -3.47. The van der Waals surface area contributed by atoms with Gasteiger partial charge in [0, 0.05) is 38.4 Å². The fraction of sp³-hybridized carbons (Fsp3) is 0.357. The third kappa shape index (κ3) is 4.30. The Morgan fingerprint density at radius 2 is 1.90 bits per heavy atom. The number of aromatic nitrogens is 2. The fourth-order valence-corrected chi connectivity index (χ4v) is 2.98. The van der Waals surface area contributed by atoms with Crippen LogP contribution in [0, 0.1) is 0 Å². The Morgan fingerprint density at radius 3 is 2.48 bits per heavy atom. The summed E-state index contributed by atoms with van der Waals surface area (Å²) in [6.07, 6.45) is 2.40. The minimum Gasteiger partial charge on any atom is -0.385 e. The monoisotopic (exact) mass is 308 g/mol. The topological polar surface area (TPSA) is 76.0 Å². The van der Waals surface area contributed by atoms with Gasteiger partial charge >= 0.3 is 0 Å². The molecule has 0 aliphatic carbocycles. The zero-order valence-corrected chi connectivity index (χ0v) is 13.0. The van der Waals surface area contributed by atoms with Gasteiger partial charge in [-0.1, -0.05) is 0 Å². The first kappa shape index (κ1) is 15.5. The smallest absolute Gasteiger partial charge is 0.240 e. The summed E-state index contributed by atoms with van der Waals surface area (Å²) < 4.78 is 28.6. The number of aryl methyl sites for hydroxylation is 1. The molecule has 0 aliphatic rings. The van der Waals surface area contributed by atoms with Gasteiger partial charge in [-0.15, -0.1) is 0 Å². The van der Waals surface area contributed by atoms with E-state index in [1.54, 1.807) is 28.9 Å². The highest BCUT2D eigenvalue weighted by atomic mass is 32.2. The standard InChI is InChI=1S/C14H20N4O2S/c1-3-15-12-4-6-14(7-5-12)21(19,20)16-10-8-13-9-11-18(2)17-13/h4-7,9,11,15-16H,3,8,10H2,1-2H3. The lowest BCUT2D eigenvalue weighted by atomic mass is 10.3. The minimum absolute atomic E-state index is 0.269. The molecule has 21 heavy (non-hydrogen) atoms. The number of rotatable bonds is 7. The summed E-state index contributed by atoms with van der Waals surface area (Å²) in [6.45, 7) is 3.12. The Bertz CT molecular complexity index is 677. The fourth-order valence-electron chi connectivity index (χ4n) is 1.95. The van der Waals surface area contributed by atoms with Gasteiger partial charge in [0.2, 0.25) is 10.0 Å². The average molecular weight is 308 g/mol. The van der Waals surface area contributed by atoms with Gasteiger partial charge in [-0.25, -0.2) is 13.1 Å². The van der Waals surface area contributed by atoms with Crippen LogP contribution >= 0.6 is 0 Å². The third-order valence-corrected chi connectivity index (χ3v) is 4.46. The molecule has 2 rings (SSSR count). The Balaban J connectivity index is 1.94. The van der Waals surface area contributed by atoms with E-state index in [0.29, 0.717) is 13.0 Å². The molecular formula is C14H20N4O2S. The second-order valence-electron chi connectivity index (χ2n) is 4.68. The molecule has 2 aromatic rings. The van der Waals surface area contributed by atoms with Crippen molar-refractivity contribution in [3.63, 3.8) is 0 Å². The van der Waals surface area contributed by atoms with Crippen LogP contribution in [-0.2, 0) is 23.5 Å². The largest absolute Gasteiger partial charge is 0.385 e. The summed E-state index contributed by atoms with van der Waals surface area (Å²) in [5.41, 5.74) is 1.77. The molecule has 0 saturated heterocycles. The summed E-state index contributed by atoms with van der Waals surface area (Å²) in [6, 6.07) is 8.59. The SMILES string of the molecule is CCNc1ccc(S(=O)(=O)NCCc2ccn(C)n2)cc1. The van der Waals surface area contributed by atoms with E-state index in [1.807, 2.05) is 26.2 Å². The second kappa shape index (κ2) is 6.73. The molecule has 2 N–H and O–H groups in total. The summed E-state index contributed by atoms with van der Waals surface area (Å²) in [5.74, 6) is 0. The molecule has 6 nitrogen and oxygen atoms in total. The maximum atomic E-state index is 12.1. The Morgan fingerprint density at radius 1 is 1.19 bits per heavy atom. The van der Waals surface area contributed by atoms with Crippen molar-refractivity contribution in [1.29, 1.82) is 0 Å². The molecule has 0 spiro atoms. The van der Waals surface area contributed by atoms with E-state index < -0.39 is 10.0 Å². The molecule has 0 amide bonds. The number of nitrogens with one attached hydrogen (secondary N) is 2. The summed E-state index contributed by atoms with van der Waals surface area (Å²) in [5, 5.41) is 7.34. The zero-order valence-electron chi connectivity index (χ0n) is 12.2. The summed E-state index contributed by atoms with van der Waals surface area (Å²) >= 11 is 0. The Hall–Kier alpha value is -1.86. The molecule has 0 unspecified atom stereocenters. The first-order valence-corrected chi connectivity index (χ1v) is 8.31. The summed E-state index contributed by atoms with van der Waals surface area (Å²) in [7, 11) is -1.63. The highest BCUT2D eigenvalue weighted by molar-refractivity contribution is 7.89. The number of hydrogen-bond acceptors (Lipinski definition) is 4. The number of sulfonamides is 1. The first-order valence-electron chi connectivity index (χ1n) is 6.83. The van der Waals surface area contributed by atoms with Gasteiger partial charge in [0.1, 0.15) is 0 Å². The number of benzene rings is 1. The molecule has 0 aliphatic heterocycles. The lowest BCUT2D eigenvalue weighted by Crippen LogP contribution is -2.26. The molecule has 0 atom stereocenters. The third-order valence-electron chi connectivity index (χ3n) is 2.99. The zero-order chi connectivity index (χ0) is 15.3. The molecule has 0 fully saturated rings. The van der Waals surface area contributed by atoms with Crippen LogP contribution in [0.25, 0.3) is 0 Å². The van der Waals surface area contributed by atoms with Crippen LogP contribution in [0.2, 0.25) is 0 Å². The molecule has 0 saturated carbocycles. The van der Waals surface area contributed by atoms with Crippen LogP contribution in [-0.4, -0.2) is 31.3 Å². The van der Waals surface area contributed by atoms with Crippen molar-refractivity contribution in [2.24, 2.45) is 7.05 Å². The van der Waals surface area contributed by atoms with E-state index >= 15 is 0 Å². The van der Waals surface area contributed by atoms with Gasteiger partial charge in [-0.3, -0.25) is 4.68 Å². The molecule has 1 aromatic carbocycles. The maximum Gasteiger partial charge on any atom is 0.240 e. The Kier molecular flexibility index (Phi) is 4.98. The van der Waals surface area contributed by atoms with Crippen LogP contribution in [0.1, 0.15) is 12.6 Å². The van der Waals surface area contributed by atoms with Gasteiger partial charge in [0.25, 0.3) is 0 Å². The second-order valence-corrected chi connectivity index (χ2v) is 6.45. The van der Waals surface area contributed by atoms with Crippen molar-refractivity contribution in [3.8, 4) is 0 Å². The Labute approximate surface area is 125 Å².